The summed E-state index contributed by atoms with van der Waals surface area (Å²) in [7, 11) is 0. The van der Waals surface area contributed by atoms with Gasteiger partial charge in [-0.25, -0.2) is 4.39 Å². The quantitative estimate of drug-likeness (QED) is 0.211. The molecule has 6 rings (SSSR count). The highest BCUT2D eigenvalue weighted by Crippen LogP contribution is 2.76. The van der Waals surface area contributed by atoms with Crippen molar-refractivity contribution >= 4 is 11.8 Å². The first-order chi connectivity index (χ1) is 24.0. The Morgan fingerprint density at radius 3 is 2.22 bits per heavy atom. The van der Waals surface area contributed by atoms with Crippen LogP contribution in [0.2, 0.25) is 0 Å². The normalized spacial score (nSPS) is 40.4. The number of aliphatic carboxylic acids is 1. The number of hydrogen-bond donors (Lipinski definition) is 2. The number of hydrogen-bond acceptors (Lipinski definition) is 4. The van der Waals surface area contributed by atoms with Crippen molar-refractivity contribution < 1.29 is 19.1 Å². The predicted octanol–water partition coefficient (Wildman–Crippen LogP) is 10.1. The Bertz CT molecular complexity index is 1470. The molecule has 0 saturated heterocycles. The number of rotatable bonds is 12. The largest absolute Gasteiger partial charge is 0.481 e. The number of nitrogens with one attached hydrogen (secondary N) is 1. The SMILES string of the molecule is CCCN(CCC)CCN[C@@]12CC[C@]3(C)[C@H](CC[C@@H]4[C@@]5(C)CC=C(C6=CC[C@](CF)(C(=O)O)CC6)C(C)(C)[C@@H]5CC[C@]43C)C1=C(C(C)C)C(=O)C2. The fourth-order valence-electron chi connectivity index (χ4n) is 13.9. The number of ketones is 1. The molecule has 3 saturated carbocycles. The van der Waals surface area contributed by atoms with Crippen LogP contribution >= 0.6 is 0 Å². The van der Waals surface area contributed by atoms with Gasteiger partial charge in [-0.2, -0.15) is 0 Å². The second kappa shape index (κ2) is 13.8. The molecule has 6 aliphatic carbocycles. The van der Waals surface area contributed by atoms with Gasteiger partial charge in [0.2, 0.25) is 0 Å². The van der Waals surface area contributed by atoms with Crippen LogP contribution in [0.5, 0.6) is 0 Å². The maximum atomic E-state index is 14.0. The number of carbonyl (C=O) groups excluding carboxylic acids is 1. The van der Waals surface area contributed by atoms with Crippen molar-refractivity contribution in [2.24, 2.45) is 50.7 Å². The summed E-state index contributed by atoms with van der Waals surface area (Å²) < 4.78 is 14.0. The number of fused-ring (bicyclic) bond motifs is 7. The number of halogens is 1. The zero-order valence-electron chi connectivity index (χ0n) is 33.8. The molecule has 2 N–H and O–H groups in total. The van der Waals surface area contributed by atoms with Gasteiger partial charge in [0, 0.05) is 25.0 Å². The van der Waals surface area contributed by atoms with E-state index in [-0.39, 0.29) is 39.5 Å². The van der Waals surface area contributed by atoms with E-state index in [2.05, 4.69) is 84.7 Å². The molecule has 0 aromatic rings. The zero-order chi connectivity index (χ0) is 37.2. The third-order valence-corrected chi connectivity index (χ3v) is 16.6. The Hall–Kier alpha value is -1.79. The van der Waals surface area contributed by atoms with Crippen LogP contribution < -0.4 is 5.32 Å². The lowest BCUT2D eigenvalue weighted by atomic mass is 9.33. The van der Waals surface area contributed by atoms with Crippen molar-refractivity contribution in [3.63, 3.8) is 0 Å². The molecule has 8 atom stereocenters. The zero-order valence-corrected chi connectivity index (χ0v) is 33.8. The fraction of sp³-hybridized carbons (Fsp3) is 0.822. The van der Waals surface area contributed by atoms with Crippen molar-refractivity contribution in [2.45, 2.75) is 151 Å². The molecule has 0 bridgehead atoms. The third kappa shape index (κ3) is 5.89. The monoisotopic (exact) mass is 707 g/mol. The molecule has 5 nitrogen and oxygen atoms in total. The van der Waals surface area contributed by atoms with Gasteiger partial charge in [0.25, 0.3) is 0 Å². The topological polar surface area (TPSA) is 69.6 Å². The van der Waals surface area contributed by atoms with E-state index in [1.54, 1.807) is 0 Å². The van der Waals surface area contributed by atoms with E-state index in [0.717, 1.165) is 44.6 Å². The molecule has 0 unspecified atom stereocenters. The Morgan fingerprint density at radius 1 is 0.922 bits per heavy atom. The smallest absolute Gasteiger partial charge is 0.312 e. The standard InChI is InChI=1S/C45H71FN2O3/c1-10-25-48(26-11-2)27-24-47-45-23-22-42(8)33(38(45)37(30(3)4)34(49)28-45)12-13-36-41(7)18-16-32(40(5,6)35(41)17-19-43(36,42)9)31-14-20-44(29-46,21-15-31)39(50)51/h14,16,30,33,35-36,47H,10-13,15,17-29H2,1-9H3,(H,50,51)/t33-,35+,36-,41+,42-,43-,44+,45-/m1/s1. The number of allylic oxidation sites excluding steroid dienone is 5. The highest BCUT2D eigenvalue weighted by Gasteiger charge is 2.69. The molecule has 0 amide bonds. The molecule has 0 aromatic heterocycles. The Balaban J connectivity index is 1.30. The predicted molar refractivity (Wildman–Crippen MR) is 206 cm³/mol. The first-order valence-electron chi connectivity index (χ1n) is 20.9. The van der Waals surface area contributed by atoms with Crippen LogP contribution in [0.25, 0.3) is 0 Å². The van der Waals surface area contributed by atoms with Crippen LogP contribution in [0.3, 0.4) is 0 Å². The van der Waals surface area contributed by atoms with Crippen molar-refractivity contribution in [3.05, 3.63) is 34.4 Å². The lowest BCUT2D eigenvalue weighted by Crippen LogP contribution is -2.66. The maximum absolute atomic E-state index is 14.0. The molecule has 0 spiro atoms. The minimum Gasteiger partial charge on any atom is -0.481 e. The summed E-state index contributed by atoms with van der Waals surface area (Å²) in [6, 6.07) is 0. The average Bonchev–Trinajstić information content (AvgIpc) is 3.37. The summed E-state index contributed by atoms with van der Waals surface area (Å²) in [6.45, 7) is 25.3. The molecule has 286 valence electrons. The molecule has 6 heteroatoms. The van der Waals surface area contributed by atoms with Gasteiger partial charge >= 0.3 is 5.97 Å². The second-order valence-corrected chi connectivity index (χ2v) is 19.7. The van der Waals surface area contributed by atoms with Gasteiger partial charge < -0.3 is 15.3 Å². The van der Waals surface area contributed by atoms with Crippen LogP contribution in [-0.4, -0.2) is 60.2 Å². The summed E-state index contributed by atoms with van der Waals surface area (Å²) in [5.74, 6) is 1.22. The van der Waals surface area contributed by atoms with Gasteiger partial charge in [-0.15, -0.1) is 0 Å². The molecule has 0 radical (unpaired) electrons. The molecular weight excluding hydrogens is 636 g/mol. The minimum atomic E-state index is -1.26. The average molecular weight is 707 g/mol. The molecule has 0 aliphatic heterocycles. The molecule has 0 aromatic carbocycles. The van der Waals surface area contributed by atoms with E-state index in [9.17, 15) is 19.1 Å². The number of carbonyl (C=O) groups is 2. The highest BCUT2D eigenvalue weighted by molar-refractivity contribution is 6.01. The molecule has 51 heavy (non-hydrogen) atoms. The van der Waals surface area contributed by atoms with Gasteiger partial charge in [-0.1, -0.05) is 74.5 Å². The van der Waals surface area contributed by atoms with E-state index >= 15 is 0 Å². The first-order valence-corrected chi connectivity index (χ1v) is 20.9. The summed E-state index contributed by atoms with van der Waals surface area (Å²) in [6.07, 6.45) is 17.0. The summed E-state index contributed by atoms with van der Waals surface area (Å²) in [4.78, 5) is 28.6. The van der Waals surface area contributed by atoms with Gasteiger partial charge in [-0.05, 0) is 158 Å². The van der Waals surface area contributed by atoms with Gasteiger partial charge in [0.05, 0.1) is 5.41 Å². The van der Waals surface area contributed by atoms with Crippen LogP contribution in [-0.2, 0) is 9.59 Å². The van der Waals surface area contributed by atoms with Gasteiger partial charge in [-0.3, -0.25) is 9.59 Å². The van der Waals surface area contributed by atoms with E-state index in [4.69, 9.17) is 0 Å². The molecular formula is C45H71FN2O3. The Kier molecular flexibility index (Phi) is 10.5. The van der Waals surface area contributed by atoms with Crippen LogP contribution in [0.4, 0.5) is 4.39 Å². The minimum absolute atomic E-state index is 0.0306. The van der Waals surface area contributed by atoms with Crippen LogP contribution in [0.1, 0.15) is 146 Å². The molecule has 3 fully saturated rings. The van der Waals surface area contributed by atoms with Crippen molar-refractivity contribution in [1.29, 1.82) is 0 Å². The summed E-state index contributed by atoms with van der Waals surface area (Å²) in [5.41, 5.74) is 4.34. The fourth-order valence-corrected chi connectivity index (χ4v) is 13.9. The number of carboxylic acids is 1. The second-order valence-electron chi connectivity index (χ2n) is 19.7. The van der Waals surface area contributed by atoms with Crippen LogP contribution in [0, 0.1) is 50.7 Å². The van der Waals surface area contributed by atoms with Crippen molar-refractivity contribution in [1.82, 2.24) is 10.2 Å². The van der Waals surface area contributed by atoms with Gasteiger partial charge in [0.15, 0.2) is 5.78 Å². The van der Waals surface area contributed by atoms with Crippen LogP contribution in [0.15, 0.2) is 34.4 Å². The van der Waals surface area contributed by atoms with E-state index in [0.29, 0.717) is 42.8 Å². The number of alkyl halides is 1. The Morgan fingerprint density at radius 2 is 1.63 bits per heavy atom. The van der Waals surface area contributed by atoms with Crippen molar-refractivity contribution in [3.8, 4) is 0 Å². The van der Waals surface area contributed by atoms with Gasteiger partial charge in [0.1, 0.15) is 6.67 Å². The maximum Gasteiger partial charge on any atom is 0.312 e. The third-order valence-electron chi connectivity index (χ3n) is 16.6. The van der Waals surface area contributed by atoms with E-state index in [1.807, 2.05) is 0 Å². The lowest BCUT2D eigenvalue weighted by Gasteiger charge is -2.71. The first kappa shape index (κ1) is 38.9. The van der Waals surface area contributed by atoms with E-state index in [1.165, 1.54) is 61.7 Å². The number of carboxylic acid groups (broad SMARTS) is 1. The molecule has 6 aliphatic rings. The number of nitrogens with zero attached hydrogens (tertiary/aromatic N) is 1. The number of Topliss-reactive ketones (excluding diaryl/α,β-unsaturated/α-hetero) is 1. The summed E-state index contributed by atoms with van der Waals surface area (Å²) >= 11 is 0. The Labute approximate surface area is 309 Å². The van der Waals surface area contributed by atoms with Crippen molar-refractivity contribution in [2.75, 3.05) is 32.9 Å². The van der Waals surface area contributed by atoms with E-state index < -0.39 is 18.1 Å². The lowest BCUT2D eigenvalue weighted by molar-refractivity contribution is -0.196. The summed E-state index contributed by atoms with van der Waals surface area (Å²) in [5, 5.41) is 13.9. The highest BCUT2D eigenvalue weighted by atomic mass is 19.1. The molecule has 0 heterocycles.